The molecule has 0 unspecified atom stereocenters. The fraction of sp³-hybridized carbons (Fsp3) is 0.308. The summed E-state index contributed by atoms with van der Waals surface area (Å²) in [5.74, 6) is 0.0464. The van der Waals surface area contributed by atoms with Crippen LogP contribution in [-0.2, 0) is 13.2 Å². The molecule has 0 fully saturated rings. The quantitative estimate of drug-likeness (QED) is 0.691. The molecule has 0 saturated carbocycles. The number of nitrogens with one attached hydrogen (secondary N) is 1. The Bertz CT molecular complexity index is 721. The number of rotatable bonds is 3. The van der Waals surface area contributed by atoms with Gasteiger partial charge in [-0.3, -0.25) is 10.1 Å². The van der Waals surface area contributed by atoms with Crippen molar-refractivity contribution in [2.45, 2.75) is 20.0 Å². The number of aromatic nitrogens is 3. The van der Waals surface area contributed by atoms with Gasteiger partial charge in [0.05, 0.1) is 22.5 Å². The molecule has 0 atom stereocenters. The summed E-state index contributed by atoms with van der Waals surface area (Å²) in [6.07, 6.45) is -2.26. The van der Waals surface area contributed by atoms with Crippen molar-refractivity contribution in [1.29, 1.82) is 0 Å². The number of hydrazone groups is 1. The van der Waals surface area contributed by atoms with Gasteiger partial charge in [-0.25, -0.2) is 4.98 Å². The van der Waals surface area contributed by atoms with Crippen molar-refractivity contribution in [2.75, 3.05) is 5.43 Å². The minimum absolute atomic E-state index is 0.0464. The fourth-order valence-corrected chi connectivity index (χ4v) is 2.02. The van der Waals surface area contributed by atoms with Crippen LogP contribution >= 0.6 is 11.6 Å². The van der Waals surface area contributed by atoms with E-state index in [9.17, 15) is 13.2 Å². The summed E-state index contributed by atoms with van der Waals surface area (Å²) >= 11 is 5.77. The van der Waals surface area contributed by atoms with E-state index in [1.807, 2.05) is 13.8 Å². The lowest BCUT2D eigenvalue weighted by Crippen LogP contribution is -2.06. The SMILES string of the molecule is Cc1nn(C)c(C)c1/C=N\Nc1ncc(C(F)(F)F)cc1Cl. The molecule has 9 heteroatoms. The zero-order valence-electron chi connectivity index (χ0n) is 12.0. The first kappa shape index (κ1) is 16.3. The second-order valence-corrected chi connectivity index (χ2v) is 5.04. The Hall–Kier alpha value is -2.09. The van der Waals surface area contributed by atoms with E-state index in [0.29, 0.717) is 6.20 Å². The Morgan fingerprint density at radius 1 is 1.36 bits per heavy atom. The van der Waals surface area contributed by atoms with E-state index in [1.165, 1.54) is 6.21 Å². The van der Waals surface area contributed by atoms with Gasteiger partial charge in [0.25, 0.3) is 0 Å². The molecule has 0 amide bonds. The predicted molar refractivity (Wildman–Crippen MR) is 78.1 cm³/mol. The highest BCUT2D eigenvalue weighted by Crippen LogP contribution is 2.32. The van der Waals surface area contributed by atoms with Crippen LogP contribution in [0, 0.1) is 13.8 Å². The van der Waals surface area contributed by atoms with Crippen LogP contribution in [0.25, 0.3) is 0 Å². The van der Waals surface area contributed by atoms with Crippen LogP contribution in [0.15, 0.2) is 17.4 Å². The van der Waals surface area contributed by atoms with Gasteiger partial charge in [0, 0.05) is 24.5 Å². The Kier molecular flexibility index (Phi) is 4.41. The van der Waals surface area contributed by atoms with Gasteiger partial charge in [0.15, 0.2) is 5.82 Å². The van der Waals surface area contributed by atoms with Crippen molar-refractivity contribution in [3.05, 3.63) is 39.8 Å². The summed E-state index contributed by atoms with van der Waals surface area (Å²) in [5, 5.41) is 8.01. The van der Waals surface area contributed by atoms with E-state index >= 15 is 0 Å². The van der Waals surface area contributed by atoms with Gasteiger partial charge in [0.2, 0.25) is 0 Å². The van der Waals surface area contributed by atoms with E-state index in [1.54, 1.807) is 11.7 Å². The Labute approximate surface area is 129 Å². The number of pyridine rings is 1. The van der Waals surface area contributed by atoms with E-state index in [0.717, 1.165) is 23.0 Å². The van der Waals surface area contributed by atoms with E-state index in [-0.39, 0.29) is 10.8 Å². The minimum atomic E-state index is -4.48. The molecular formula is C13H13ClF3N5. The van der Waals surface area contributed by atoms with Crippen molar-refractivity contribution in [1.82, 2.24) is 14.8 Å². The molecule has 2 rings (SSSR count). The lowest BCUT2D eigenvalue weighted by Gasteiger charge is -2.08. The lowest BCUT2D eigenvalue weighted by molar-refractivity contribution is -0.137. The number of halogens is 4. The summed E-state index contributed by atoms with van der Waals surface area (Å²) in [7, 11) is 1.81. The van der Waals surface area contributed by atoms with Gasteiger partial charge in [-0.2, -0.15) is 23.4 Å². The lowest BCUT2D eigenvalue weighted by atomic mass is 10.2. The van der Waals surface area contributed by atoms with E-state index in [4.69, 9.17) is 11.6 Å². The first-order valence-corrected chi connectivity index (χ1v) is 6.60. The number of nitrogens with zero attached hydrogens (tertiary/aromatic N) is 4. The maximum Gasteiger partial charge on any atom is 0.417 e. The molecule has 0 aliphatic carbocycles. The van der Waals surface area contributed by atoms with Crippen molar-refractivity contribution in [3.8, 4) is 0 Å². The third kappa shape index (κ3) is 3.38. The number of aryl methyl sites for hydroxylation is 2. The second-order valence-electron chi connectivity index (χ2n) is 4.63. The first-order valence-electron chi connectivity index (χ1n) is 6.22. The van der Waals surface area contributed by atoms with Crippen molar-refractivity contribution in [2.24, 2.45) is 12.1 Å². The molecular weight excluding hydrogens is 319 g/mol. The minimum Gasteiger partial charge on any atom is -0.272 e. The van der Waals surface area contributed by atoms with Gasteiger partial charge < -0.3 is 0 Å². The molecule has 5 nitrogen and oxygen atoms in total. The molecule has 0 bridgehead atoms. The van der Waals surface area contributed by atoms with E-state index in [2.05, 4.69) is 20.6 Å². The normalized spacial score (nSPS) is 12.1. The molecule has 2 heterocycles. The smallest absolute Gasteiger partial charge is 0.272 e. The van der Waals surface area contributed by atoms with Gasteiger partial charge in [0.1, 0.15) is 0 Å². The number of anilines is 1. The zero-order valence-corrected chi connectivity index (χ0v) is 12.8. The molecule has 0 radical (unpaired) electrons. The molecule has 118 valence electrons. The van der Waals surface area contributed by atoms with Gasteiger partial charge >= 0.3 is 6.18 Å². The van der Waals surface area contributed by atoms with Crippen molar-refractivity contribution >= 4 is 23.6 Å². The zero-order chi connectivity index (χ0) is 16.5. The number of alkyl halides is 3. The summed E-state index contributed by atoms with van der Waals surface area (Å²) < 4.78 is 39.2. The van der Waals surface area contributed by atoms with Gasteiger partial charge in [-0.15, -0.1) is 0 Å². The molecule has 2 aromatic heterocycles. The highest BCUT2D eigenvalue weighted by atomic mass is 35.5. The molecule has 0 aromatic carbocycles. The van der Waals surface area contributed by atoms with Crippen LogP contribution in [0.1, 0.15) is 22.5 Å². The Balaban J connectivity index is 2.17. The molecule has 0 saturated heterocycles. The van der Waals surface area contributed by atoms with Crippen LogP contribution in [0.2, 0.25) is 5.02 Å². The Morgan fingerprint density at radius 2 is 2.05 bits per heavy atom. The average molecular weight is 332 g/mol. The fourth-order valence-electron chi connectivity index (χ4n) is 1.81. The molecule has 0 spiro atoms. The monoisotopic (exact) mass is 331 g/mol. The third-order valence-electron chi connectivity index (χ3n) is 3.10. The van der Waals surface area contributed by atoms with Crippen molar-refractivity contribution < 1.29 is 13.2 Å². The molecule has 22 heavy (non-hydrogen) atoms. The maximum atomic E-state index is 12.5. The van der Waals surface area contributed by atoms with Crippen LogP contribution in [0.3, 0.4) is 0 Å². The van der Waals surface area contributed by atoms with Crippen LogP contribution in [0.5, 0.6) is 0 Å². The van der Waals surface area contributed by atoms with Gasteiger partial charge in [-0.05, 0) is 19.9 Å². The number of hydrogen-bond acceptors (Lipinski definition) is 4. The highest BCUT2D eigenvalue weighted by Gasteiger charge is 2.31. The van der Waals surface area contributed by atoms with E-state index < -0.39 is 11.7 Å². The summed E-state index contributed by atoms with van der Waals surface area (Å²) in [6, 6.07) is 0.799. The van der Waals surface area contributed by atoms with Crippen LogP contribution in [-0.4, -0.2) is 21.0 Å². The van der Waals surface area contributed by atoms with Gasteiger partial charge in [-0.1, -0.05) is 11.6 Å². The summed E-state index contributed by atoms with van der Waals surface area (Å²) in [6.45, 7) is 3.71. The van der Waals surface area contributed by atoms with Crippen LogP contribution in [0.4, 0.5) is 19.0 Å². The highest BCUT2D eigenvalue weighted by molar-refractivity contribution is 6.32. The largest absolute Gasteiger partial charge is 0.417 e. The molecule has 0 aliphatic rings. The topological polar surface area (TPSA) is 55.1 Å². The summed E-state index contributed by atoms with van der Waals surface area (Å²) in [4.78, 5) is 3.63. The predicted octanol–water partition coefficient (Wildman–Crippen LogP) is 3.55. The molecule has 1 N–H and O–H groups in total. The van der Waals surface area contributed by atoms with Crippen molar-refractivity contribution in [3.63, 3.8) is 0 Å². The third-order valence-corrected chi connectivity index (χ3v) is 3.39. The molecule has 2 aromatic rings. The average Bonchev–Trinajstić information content (AvgIpc) is 2.65. The molecule has 0 aliphatic heterocycles. The maximum absolute atomic E-state index is 12.5. The first-order chi connectivity index (χ1) is 10.2. The van der Waals surface area contributed by atoms with Crippen LogP contribution < -0.4 is 5.43 Å². The number of hydrogen-bond donors (Lipinski definition) is 1. The second kappa shape index (κ2) is 5.96. The Morgan fingerprint density at radius 3 is 2.55 bits per heavy atom. The summed E-state index contributed by atoms with van der Waals surface area (Å²) in [5.41, 5.74) is 4.13. The standard InChI is InChI=1S/C13H13ClF3N5/c1-7-10(8(2)22(3)21-7)6-19-20-12-11(14)4-9(5-18-12)13(15,16)17/h4-6H,1-3H3,(H,18,20)/b19-6-.